The van der Waals surface area contributed by atoms with Gasteiger partial charge in [0.15, 0.2) is 0 Å². The van der Waals surface area contributed by atoms with Gasteiger partial charge in [0.1, 0.15) is 0 Å². The Morgan fingerprint density at radius 2 is 2.05 bits per heavy atom. The maximum atomic E-state index is 12.6. The fraction of sp³-hybridized carbons (Fsp3) is 0.625. The van der Waals surface area contributed by atoms with Gasteiger partial charge >= 0.3 is 0 Å². The lowest BCUT2D eigenvalue weighted by Crippen LogP contribution is -2.37. The number of nitrogens with one attached hydrogen (secondary N) is 1. The van der Waals surface area contributed by atoms with Gasteiger partial charge in [-0.1, -0.05) is 32.9 Å². The van der Waals surface area contributed by atoms with Crippen LogP contribution in [0.25, 0.3) is 0 Å². The summed E-state index contributed by atoms with van der Waals surface area (Å²) in [5, 5.41) is 0. The van der Waals surface area contributed by atoms with E-state index in [-0.39, 0.29) is 12.1 Å². The third-order valence-electron chi connectivity index (χ3n) is 4.81. The fourth-order valence-electron chi connectivity index (χ4n) is 2.95. The maximum Gasteiger partial charge on any atom is 0.240 e. The second-order valence-corrected chi connectivity index (χ2v) is 7.94. The van der Waals surface area contributed by atoms with Gasteiger partial charge < -0.3 is 5.73 Å². The minimum atomic E-state index is -3.47. The zero-order chi connectivity index (χ0) is 15.6. The van der Waals surface area contributed by atoms with E-state index in [1.54, 1.807) is 18.2 Å². The number of hydrogen-bond acceptors (Lipinski definition) is 3. The summed E-state index contributed by atoms with van der Waals surface area (Å²) < 4.78 is 28.0. The molecule has 0 aromatic heterocycles. The Labute approximate surface area is 128 Å². The molecule has 1 aliphatic carbocycles. The lowest BCUT2D eigenvalue weighted by Gasteiger charge is -2.20. The molecule has 4 unspecified atom stereocenters. The highest BCUT2D eigenvalue weighted by atomic mass is 32.2. The van der Waals surface area contributed by atoms with E-state index in [0.717, 1.165) is 24.8 Å². The van der Waals surface area contributed by atoms with Crippen molar-refractivity contribution < 1.29 is 8.42 Å². The van der Waals surface area contributed by atoms with Crippen molar-refractivity contribution in [3.8, 4) is 0 Å². The minimum Gasteiger partial charge on any atom is -0.324 e. The highest BCUT2D eigenvalue weighted by Crippen LogP contribution is 2.32. The zero-order valence-corrected chi connectivity index (χ0v) is 13.9. The maximum absolute atomic E-state index is 12.6. The predicted octanol–water partition coefficient (Wildman–Crippen LogP) is 2.81. The van der Waals surface area contributed by atoms with E-state index in [9.17, 15) is 8.42 Å². The SMILES string of the molecule is CCC(N)c1cccc(S(=O)(=O)NC2CCC(C)C2C)c1. The number of nitrogens with two attached hydrogens (primary N) is 1. The van der Waals surface area contributed by atoms with Crippen LogP contribution in [0, 0.1) is 11.8 Å². The van der Waals surface area contributed by atoms with Gasteiger partial charge in [-0.05, 0) is 48.8 Å². The van der Waals surface area contributed by atoms with Crippen molar-refractivity contribution in [2.45, 2.75) is 57.0 Å². The predicted molar refractivity (Wildman–Crippen MR) is 85.3 cm³/mol. The van der Waals surface area contributed by atoms with Crippen LogP contribution < -0.4 is 10.5 Å². The third-order valence-corrected chi connectivity index (χ3v) is 6.30. The highest BCUT2D eigenvalue weighted by molar-refractivity contribution is 7.89. The topological polar surface area (TPSA) is 72.2 Å². The molecule has 0 heterocycles. The second-order valence-electron chi connectivity index (χ2n) is 6.23. The van der Waals surface area contributed by atoms with E-state index in [0.29, 0.717) is 16.7 Å². The average Bonchev–Trinajstić information content (AvgIpc) is 2.78. The van der Waals surface area contributed by atoms with Gasteiger partial charge in [-0.3, -0.25) is 0 Å². The van der Waals surface area contributed by atoms with E-state index in [1.807, 2.05) is 13.0 Å². The molecule has 0 aliphatic heterocycles. The van der Waals surface area contributed by atoms with Crippen LogP contribution >= 0.6 is 0 Å². The van der Waals surface area contributed by atoms with Gasteiger partial charge in [0.25, 0.3) is 0 Å². The lowest BCUT2D eigenvalue weighted by atomic mass is 9.98. The van der Waals surface area contributed by atoms with Crippen LogP contribution in [0.3, 0.4) is 0 Å². The summed E-state index contributed by atoms with van der Waals surface area (Å²) in [5.74, 6) is 0.943. The number of sulfonamides is 1. The first-order valence-electron chi connectivity index (χ1n) is 7.73. The summed E-state index contributed by atoms with van der Waals surface area (Å²) in [6.45, 7) is 6.29. The van der Waals surface area contributed by atoms with Gasteiger partial charge in [-0.25, -0.2) is 13.1 Å². The van der Waals surface area contributed by atoms with Gasteiger partial charge in [0.05, 0.1) is 4.90 Å². The van der Waals surface area contributed by atoms with Gasteiger partial charge in [-0.2, -0.15) is 0 Å². The molecule has 4 atom stereocenters. The summed E-state index contributed by atoms with van der Waals surface area (Å²) >= 11 is 0. The number of hydrogen-bond donors (Lipinski definition) is 2. The Morgan fingerprint density at radius 3 is 2.62 bits per heavy atom. The molecule has 4 nitrogen and oxygen atoms in total. The van der Waals surface area contributed by atoms with Crippen molar-refractivity contribution in [2.24, 2.45) is 17.6 Å². The van der Waals surface area contributed by atoms with Crippen molar-refractivity contribution in [3.05, 3.63) is 29.8 Å². The van der Waals surface area contributed by atoms with Crippen molar-refractivity contribution in [1.82, 2.24) is 4.72 Å². The summed E-state index contributed by atoms with van der Waals surface area (Å²) in [6.07, 6.45) is 2.78. The van der Waals surface area contributed by atoms with Crippen LogP contribution in [-0.2, 0) is 10.0 Å². The molecule has 2 rings (SSSR count). The molecule has 0 amide bonds. The van der Waals surface area contributed by atoms with E-state index in [4.69, 9.17) is 5.73 Å². The van der Waals surface area contributed by atoms with Crippen LogP contribution in [-0.4, -0.2) is 14.5 Å². The van der Waals surface area contributed by atoms with Crippen LogP contribution in [0.4, 0.5) is 0 Å². The van der Waals surface area contributed by atoms with E-state index in [2.05, 4.69) is 18.6 Å². The van der Waals surface area contributed by atoms with Crippen LogP contribution in [0.1, 0.15) is 51.6 Å². The molecule has 1 aromatic carbocycles. The van der Waals surface area contributed by atoms with Gasteiger partial charge in [-0.15, -0.1) is 0 Å². The first-order chi connectivity index (χ1) is 9.85. The largest absolute Gasteiger partial charge is 0.324 e. The summed E-state index contributed by atoms with van der Waals surface area (Å²) in [4.78, 5) is 0.315. The minimum absolute atomic E-state index is 0.0357. The highest BCUT2D eigenvalue weighted by Gasteiger charge is 2.33. The molecule has 0 spiro atoms. The molecule has 118 valence electrons. The molecule has 0 radical (unpaired) electrons. The molecule has 1 aliphatic rings. The second kappa shape index (κ2) is 6.46. The zero-order valence-electron chi connectivity index (χ0n) is 13.0. The fourth-order valence-corrected chi connectivity index (χ4v) is 4.36. The van der Waals surface area contributed by atoms with Crippen LogP contribution in [0.2, 0.25) is 0 Å². The smallest absolute Gasteiger partial charge is 0.240 e. The van der Waals surface area contributed by atoms with Crippen molar-refractivity contribution in [2.75, 3.05) is 0 Å². The molecule has 3 N–H and O–H groups in total. The summed E-state index contributed by atoms with van der Waals surface area (Å²) in [6, 6.07) is 6.89. The quantitative estimate of drug-likeness (QED) is 0.878. The molecule has 1 fully saturated rings. The molecular formula is C16H26N2O2S. The first kappa shape index (κ1) is 16.5. The number of rotatable bonds is 5. The van der Waals surface area contributed by atoms with E-state index < -0.39 is 10.0 Å². The molecule has 1 aromatic rings. The van der Waals surface area contributed by atoms with Crippen molar-refractivity contribution in [1.29, 1.82) is 0 Å². The Morgan fingerprint density at radius 1 is 1.33 bits per heavy atom. The molecule has 21 heavy (non-hydrogen) atoms. The molecule has 5 heteroatoms. The Hall–Kier alpha value is -0.910. The van der Waals surface area contributed by atoms with Crippen LogP contribution in [0.15, 0.2) is 29.2 Å². The molecular weight excluding hydrogens is 284 g/mol. The Balaban J connectivity index is 2.20. The third kappa shape index (κ3) is 3.65. The molecule has 1 saturated carbocycles. The standard InChI is InChI=1S/C16H26N2O2S/c1-4-15(17)13-6-5-7-14(10-13)21(19,20)18-16-9-8-11(2)12(16)3/h5-7,10-12,15-16,18H,4,8-9,17H2,1-3H3. The Bertz CT molecular complexity index is 586. The van der Waals surface area contributed by atoms with E-state index >= 15 is 0 Å². The average molecular weight is 310 g/mol. The normalized spacial score (nSPS) is 27.7. The first-order valence-corrected chi connectivity index (χ1v) is 9.21. The monoisotopic (exact) mass is 310 g/mol. The molecule has 0 saturated heterocycles. The van der Waals surface area contributed by atoms with Crippen LogP contribution in [0.5, 0.6) is 0 Å². The van der Waals surface area contributed by atoms with Crippen molar-refractivity contribution >= 4 is 10.0 Å². The summed E-state index contributed by atoms with van der Waals surface area (Å²) in [7, 11) is -3.47. The van der Waals surface area contributed by atoms with Gasteiger partial charge in [0, 0.05) is 12.1 Å². The lowest BCUT2D eigenvalue weighted by molar-refractivity contribution is 0.402. The van der Waals surface area contributed by atoms with E-state index in [1.165, 1.54) is 0 Å². The Kier molecular flexibility index (Phi) is 5.07. The number of benzene rings is 1. The van der Waals surface area contributed by atoms with Gasteiger partial charge in [0.2, 0.25) is 10.0 Å². The van der Waals surface area contributed by atoms with Crippen molar-refractivity contribution in [3.63, 3.8) is 0 Å². The summed E-state index contributed by atoms with van der Waals surface area (Å²) in [5.41, 5.74) is 6.86. The molecule has 0 bridgehead atoms.